The third-order valence-electron chi connectivity index (χ3n) is 2.19. The van der Waals surface area contributed by atoms with Gasteiger partial charge in [0.1, 0.15) is 0 Å². The Labute approximate surface area is 135 Å². The Hall–Kier alpha value is -2.10. The van der Waals surface area contributed by atoms with E-state index in [2.05, 4.69) is 9.97 Å². The van der Waals surface area contributed by atoms with Crippen LogP contribution in [0.1, 0.15) is 32.4 Å². The number of hydrogen-bond donors (Lipinski definition) is 0. The van der Waals surface area contributed by atoms with Crippen molar-refractivity contribution in [1.29, 1.82) is 0 Å². The molecule has 0 saturated heterocycles. The first kappa shape index (κ1) is 18.9. The third kappa shape index (κ3) is 6.75. The van der Waals surface area contributed by atoms with Gasteiger partial charge in [0.2, 0.25) is 0 Å². The summed E-state index contributed by atoms with van der Waals surface area (Å²) in [7, 11) is 0. The van der Waals surface area contributed by atoms with Crippen molar-refractivity contribution in [3.05, 3.63) is 59.2 Å². The van der Waals surface area contributed by atoms with E-state index in [-0.39, 0.29) is 31.8 Å². The Bertz CT molecular complexity index is 576. The second kappa shape index (κ2) is 8.95. The maximum Gasteiger partial charge on any atom is 2.00 e. The predicted molar refractivity (Wildman–Crippen MR) is 66.6 cm³/mol. The van der Waals surface area contributed by atoms with E-state index in [1.807, 2.05) is 0 Å². The largest absolute Gasteiger partial charge is 2.00 e. The van der Waals surface area contributed by atoms with Crippen molar-refractivity contribution < 1.29 is 40.2 Å². The number of aromatic nitrogens is 2. The molecule has 2 heterocycles. The molecule has 0 aliphatic carbocycles. The smallest absolute Gasteiger partial charge is 0.543 e. The Morgan fingerprint density at radius 1 is 0.810 bits per heavy atom. The fourth-order valence-corrected chi connectivity index (χ4v) is 1.31. The molecule has 0 aliphatic rings. The summed E-state index contributed by atoms with van der Waals surface area (Å²) >= 11 is 0. The Morgan fingerprint density at radius 3 is 1.33 bits per heavy atom. The molecule has 0 N–H and O–H groups in total. The number of nitrogens with zero attached hydrogens (tertiary/aromatic N) is 2. The number of aromatic carboxylic acids is 2. The molecule has 112 valence electrons. The van der Waals surface area contributed by atoms with Gasteiger partial charge in [-0.2, -0.15) is 0 Å². The molecule has 0 saturated carbocycles. The van der Waals surface area contributed by atoms with Crippen LogP contribution in [0, 0.1) is 13.8 Å². The Balaban J connectivity index is 0.000000364. The van der Waals surface area contributed by atoms with Gasteiger partial charge >= 0.3 is 20.4 Å². The SMILES string of the molecule is Cc1cccc(C(=O)[O-])n1.Cc1cccc(C(=O)[O-])n1.[Pd+2]. The third-order valence-corrected chi connectivity index (χ3v) is 2.19. The number of carbonyl (C=O) groups is 2. The van der Waals surface area contributed by atoms with Gasteiger partial charge in [0.15, 0.2) is 0 Å². The van der Waals surface area contributed by atoms with E-state index in [4.69, 9.17) is 0 Å². The van der Waals surface area contributed by atoms with Crippen LogP contribution in [0.15, 0.2) is 36.4 Å². The van der Waals surface area contributed by atoms with E-state index in [1.54, 1.807) is 38.1 Å². The molecule has 2 rings (SSSR count). The van der Waals surface area contributed by atoms with E-state index in [9.17, 15) is 19.8 Å². The van der Waals surface area contributed by atoms with E-state index >= 15 is 0 Å². The normalized spacial score (nSPS) is 8.86. The standard InChI is InChI=1S/2C7H7NO2.Pd/c2*1-5-3-2-4-6(8-5)7(9)10;/h2*2-4H,1H3,(H,9,10);/q;;+2/p-2. The summed E-state index contributed by atoms with van der Waals surface area (Å²) in [5.74, 6) is -2.47. The van der Waals surface area contributed by atoms with Crippen LogP contribution in [0.2, 0.25) is 0 Å². The van der Waals surface area contributed by atoms with E-state index in [0.29, 0.717) is 11.4 Å². The van der Waals surface area contributed by atoms with Crippen molar-refractivity contribution in [2.75, 3.05) is 0 Å². The first-order chi connectivity index (χ1) is 9.40. The average Bonchev–Trinajstić information content (AvgIpc) is 2.39. The van der Waals surface area contributed by atoms with Crippen molar-refractivity contribution in [3.8, 4) is 0 Å². The van der Waals surface area contributed by atoms with Gasteiger partial charge in [-0.05, 0) is 38.1 Å². The molecule has 0 radical (unpaired) electrons. The summed E-state index contributed by atoms with van der Waals surface area (Å²) in [5, 5.41) is 20.4. The van der Waals surface area contributed by atoms with Crippen LogP contribution in [0.5, 0.6) is 0 Å². The molecule has 0 bridgehead atoms. The first-order valence-electron chi connectivity index (χ1n) is 5.70. The molecule has 0 fully saturated rings. The summed E-state index contributed by atoms with van der Waals surface area (Å²) in [6, 6.07) is 9.53. The zero-order valence-electron chi connectivity index (χ0n) is 11.3. The molecule has 6 nitrogen and oxygen atoms in total. The number of carbonyl (C=O) groups excluding carboxylic acids is 2. The van der Waals surface area contributed by atoms with Crippen LogP contribution in [-0.4, -0.2) is 21.9 Å². The molecule has 0 aliphatic heterocycles. The van der Waals surface area contributed by atoms with Crippen LogP contribution in [0.4, 0.5) is 0 Å². The monoisotopic (exact) mass is 378 g/mol. The molecule has 2 aromatic rings. The minimum absolute atomic E-state index is 0. The number of aryl methyl sites for hydroxylation is 2. The Morgan fingerprint density at radius 2 is 1.14 bits per heavy atom. The van der Waals surface area contributed by atoms with Crippen LogP contribution in [0.25, 0.3) is 0 Å². The number of pyridine rings is 2. The summed E-state index contributed by atoms with van der Waals surface area (Å²) < 4.78 is 0. The van der Waals surface area contributed by atoms with Crippen molar-refractivity contribution in [2.45, 2.75) is 13.8 Å². The van der Waals surface area contributed by atoms with Crippen LogP contribution < -0.4 is 10.2 Å². The minimum Gasteiger partial charge on any atom is -0.543 e. The zero-order chi connectivity index (χ0) is 15.1. The van der Waals surface area contributed by atoms with Crippen molar-refractivity contribution >= 4 is 11.9 Å². The molecule has 0 amide bonds. The van der Waals surface area contributed by atoms with E-state index in [1.165, 1.54) is 12.1 Å². The maximum absolute atomic E-state index is 10.2. The van der Waals surface area contributed by atoms with Gasteiger partial charge in [-0.3, -0.25) is 9.97 Å². The number of carboxylic acids is 2. The minimum atomic E-state index is -1.23. The van der Waals surface area contributed by atoms with Crippen LogP contribution >= 0.6 is 0 Å². The van der Waals surface area contributed by atoms with Crippen LogP contribution in [-0.2, 0) is 20.4 Å². The molecule has 0 spiro atoms. The van der Waals surface area contributed by atoms with Crippen LogP contribution in [0.3, 0.4) is 0 Å². The van der Waals surface area contributed by atoms with Gasteiger partial charge in [-0.25, -0.2) is 0 Å². The van der Waals surface area contributed by atoms with Gasteiger partial charge in [0, 0.05) is 11.4 Å². The molecular formula is C14H12N2O4Pd. The molecule has 7 heteroatoms. The zero-order valence-corrected chi connectivity index (χ0v) is 12.9. The van der Waals surface area contributed by atoms with Gasteiger partial charge in [-0.15, -0.1) is 0 Å². The van der Waals surface area contributed by atoms with Crippen molar-refractivity contribution in [1.82, 2.24) is 9.97 Å². The van der Waals surface area contributed by atoms with Crippen molar-refractivity contribution in [3.63, 3.8) is 0 Å². The van der Waals surface area contributed by atoms with Crippen molar-refractivity contribution in [2.24, 2.45) is 0 Å². The topological polar surface area (TPSA) is 106 Å². The summed E-state index contributed by atoms with van der Waals surface area (Å²) in [6.45, 7) is 3.46. The fraction of sp³-hybridized carbons (Fsp3) is 0.143. The molecule has 2 aromatic heterocycles. The maximum atomic E-state index is 10.2. The fourth-order valence-electron chi connectivity index (χ4n) is 1.31. The summed E-state index contributed by atoms with van der Waals surface area (Å²) in [6.07, 6.45) is 0. The quantitative estimate of drug-likeness (QED) is 0.652. The number of carboxylic acid groups (broad SMARTS) is 2. The average molecular weight is 379 g/mol. The second-order valence-electron chi connectivity index (χ2n) is 3.90. The van der Waals surface area contributed by atoms with Gasteiger partial charge in [0.05, 0.1) is 23.3 Å². The van der Waals surface area contributed by atoms with E-state index < -0.39 is 11.9 Å². The van der Waals surface area contributed by atoms with Gasteiger partial charge < -0.3 is 19.8 Å². The molecule has 0 atom stereocenters. The Kier molecular flexibility index (Phi) is 8.06. The second-order valence-corrected chi connectivity index (χ2v) is 3.90. The number of hydrogen-bond acceptors (Lipinski definition) is 6. The van der Waals surface area contributed by atoms with Gasteiger partial charge in [0.25, 0.3) is 0 Å². The number of rotatable bonds is 2. The summed E-state index contributed by atoms with van der Waals surface area (Å²) in [4.78, 5) is 27.8. The molecule has 0 aromatic carbocycles. The summed E-state index contributed by atoms with van der Waals surface area (Å²) in [5.41, 5.74) is 1.34. The van der Waals surface area contributed by atoms with E-state index in [0.717, 1.165) is 0 Å². The first-order valence-corrected chi connectivity index (χ1v) is 5.70. The van der Waals surface area contributed by atoms with Gasteiger partial charge in [-0.1, -0.05) is 12.1 Å². The molecule has 21 heavy (non-hydrogen) atoms. The molecule has 0 unspecified atom stereocenters. The predicted octanol–water partition coefficient (Wildman–Crippen LogP) is -0.495. The molecular weight excluding hydrogens is 367 g/mol.